The van der Waals surface area contributed by atoms with Gasteiger partial charge in [0.05, 0.1) is 12.8 Å². The van der Waals surface area contributed by atoms with Gasteiger partial charge in [0.25, 0.3) is 5.91 Å². The third kappa shape index (κ3) is 3.88. The Labute approximate surface area is 164 Å². The molecule has 0 aliphatic carbocycles. The molecule has 0 unspecified atom stereocenters. The number of carbonyl (C=O) groups excluding carboxylic acids is 1. The van der Waals surface area contributed by atoms with Crippen LogP contribution in [0.1, 0.15) is 23.2 Å². The minimum Gasteiger partial charge on any atom is -0.459 e. The van der Waals surface area contributed by atoms with Crippen LogP contribution in [0.3, 0.4) is 0 Å². The maximum Gasteiger partial charge on any atom is 0.289 e. The summed E-state index contributed by atoms with van der Waals surface area (Å²) >= 11 is 0. The monoisotopic (exact) mass is 379 g/mol. The third-order valence-electron chi connectivity index (χ3n) is 4.92. The lowest BCUT2D eigenvalue weighted by Crippen LogP contribution is -2.53. The van der Waals surface area contributed by atoms with Gasteiger partial charge in [0.1, 0.15) is 0 Å². The molecule has 1 aromatic carbocycles. The molecule has 146 valence electrons. The second-order valence-electron chi connectivity index (χ2n) is 6.81. The van der Waals surface area contributed by atoms with Crippen LogP contribution in [-0.2, 0) is 6.54 Å². The van der Waals surface area contributed by atoms with Crippen molar-refractivity contribution in [3.8, 4) is 0 Å². The lowest BCUT2D eigenvalue weighted by Gasteiger charge is -2.36. The van der Waals surface area contributed by atoms with Gasteiger partial charge in [0, 0.05) is 43.9 Å². The summed E-state index contributed by atoms with van der Waals surface area (Å²) in [5.74, 6) is 1.23. The van der Waals surface area contributed by atoms with Gasteiger partial charge in [-0.05, 0) is 36.6 Å². The van der Waals surface area contributed by atoms with Crippen LogP contribution < -0.4 is 5.32 Å². The van der Waals surface area contributed by atoms with Crippen molar-refractivity contribution in [2.45, 2.75) is 13.5 Å². The summed E-state index contributed by atoms with van der Waals surface area (Å²) in [6.07, 6.45) is 1.53. The lowest BCUT2D eigenvalue weighted by molar-refractivity contribution is 0.0657. The van der Waals surface area contributed by atoms with Crippen LogP contribution in [0.2, 0.25) is 0 Å². The Kier molecular flexibility index (Phi) is 5.32. The fourth-order valence-corrected chi connectivity index (χ4v) is 3.48. The van der Waals surface area contributed by atoms with Crippen LogP contribution in [0.25, 0.3) is 10.9 Å². The Morgan fingerprint density at radius 2 is 1.93 bits per heavy atom. The van der Waals surface area contributed by atoms with Crippen molar-refractivity contribution >= 4 is 22.8 Å². The molecule has 7 nitrogen and oxygen atoms in total. The number of rotatable bonds is 4. The van der Waals surface area contributed by atoms with Crippen LogP contribution in [0, 0.1) is 0 Å². The molecule has 1 saturated heterocycles. The molecule has 1 aliphatic rings. The topological polar surface area (TPSA) is 76.9 Å². The Morgan fingerprint density at radius 3 is 2.64 bits per heavy atom. The van der Waals surface area contributed by atoms with E-state index in [1.807, 2.05) is 17.0 Å². The Morgan fingerprint density at radius 1 is 1.14 bits per heavy atom. The maximum absolute atomic E-state index is 12.4. The van der Waals surface area contributed by atoms with Crippen LogP contribution in [0.4, 0.5) is 0 Å². The van der Waals surface area contributed by atoms with E-state index in [0.717, 1.165) is 36.8 Å². The summed E-state index contributed by atoms with van der Waals surface area (Å²) in [6.45, 7) is 6.23. The van der Waals surface area contributed by atoms with Gasteiger partial charge in [-0.3, -0.25) is 4.79 Å². The number of carbonyl (C=O) groups is 1. The summed E-state index contributed by atoms with van der Waals surface area (Å²) in [5.41, 5.74) is 2.21. The maximum atomic E-state index is 12.4. The van der Waals surface area contributed by atoms with E-state index < -0.39 is 0 Å². The van der Waals surface area contributed by atoms with E-state index in [1.54, 1.807) is 12.1 Å². The zero-order chi connectivity index (χ0) is 19.3. The first-order valence-corrected chi connectivity index (χ1v) is 9.67. The van der Waals surface area contributed by atoms with E-state index in [0.29, 0.717) is 25.4 Å². The number of nitrogens with zero attached hydrogens (tertiary/aromatic N) is 3. The molecule has 2 N–H and O–H groups in total. The fraction of sp³-hybridized carbons (Fsp3) is 0.333. The van der Waals surface area contributed by atoms with Crippen LogP contribution in [-0.4, -0.2) is 59.4 Å². The molecule has 3 heterocycles. The highest BCUT2D eigenvalue weighted by Gasteiger charge is 2.25. The molecule has 0 spiro atoms. The number of nitrogens with one attached hydrogen (secondary N) is 2. The number of aromatic nitrogens is 1. The molecule has 0 atom stereocenters. The number of guanidine groups is 1. The Balaban J connectivity index is 1.40. The number of H-pyrrole nitrogens is 1. The second-order valence-corrected chi connectivity index (χ2v) is 6.81. The van der Waals surface area contributed by atoms with E-state index in [1.165, 1.54) is 11.6 Å². The molecule has 4 rings (SSSR count). The van der Waals surface area contributed by atoms with Gasteiger partial charge in [-0.2, -0.15) is 0 Å². The second kappa shape index (κ2) is 8.21. The summed E-state index contributed by atoms with van der Waals surface area (Å²) in [4.78, 5) is 24.7. The van der Waals surface area contributed by atoms with Gasteiger partial charge in [0.2, 0.25) is 0 Å². The lowest BCUT2D eigenvalue weighted by atomic mass is 10.2. The van der Waals surface area contributed by atoms with E-state index in [9.17, 15) is 4.79 Å². The predicted octanol–water partition coefficient (Wildman–Crippen LogP) is 2.68. The van der Waals surface area contributed by atoms with E-state index in [4.69, 9.17) is 9.41 Å². The average molecular weight is 379 g/mol. The molecule has 0 saturated carbocycles. The molecule has 28 heavy (non-hydrogen) atoms. The zero-order valence-corrected chi connectivity index (χ0v) is 16.0. The van der Waals surface area contributed by atoms with Gasteiger partial charge >= 0.3 is 0 Å². The highest BCUT2D eigenvalue weighted by molar-refractivity contribution is 5.91. The van der Waals surface area contributed by atoms with Crippen molar-refractivity contribution in [3.05, 3.63) is 60.2 Å². The molecular formula is C21H25N5O2. The third-order valence-corrected chi connectivity index (χ3v) is 4.92. The molecule has 3 aromatic rings. The van der Waals surface area contributed by atoms with Gasteiger partial charge in [-0.1, -0.05) is 18.2 Å². The average Bonchev–Trinajstić information content (AvgIpc) is 3.40. The number of amides is 1. The molecule has 1 fully saturated rings. The predicted molar refractivity (Wildman–Crippen MR) is 109 cm³/mol. The van der Waals surface area contributed by atoms with Crippen molar-refractivity contribution < 1.29 is 9.21 Å². The zero-order valence-electron chi connectivity index (χ0n) is 16.0. The smallest absolute Gasteiger partial charge is 0.289 e. The quantitative estimate of drug-likeness (QED) is 0.540. The minimum absolute atomic E-state index is 0.0512. The van der Waals surface area contributed by atoms with Gasteiger partial charge in [0.15, 0.2) is 11.7 Å². The van der Waals surface area contributed by atoms with Gasteiger partial charge in [-0.25, -0.2) is 4.99 Å². The van der Waals surface area contributed by atoms with Crippen molar-refractivity contribution in [2.24, 2.45) is 4.99 Å². The number of piperazine rings is 1. The summed E-state index contributed by atoms with van der Waals surface area (Å²) in [5, 5.41) is 4.57. The molecule has 2 aromatic heterocycles. The van der Waals surface area contributed by atoms with E-state index in [-0.39, 0.29) is 5.91 Å². The first-order chi connectivity index (χ1) is 13.7. The summed E-state index contributed by atoms with van der Waals surface area (Å²) < 4.78 is 5.23. The number of aliphatic imine (C=N–C) groups is 1. The largest absolute Gasteiger partial charge is 0.459 e. The number of aromatic amines is 1. The molecular weight excluding hydrogens is 354 g/mol. The van der Waals surface area contributed by atoms with E-state index >= 15 is 0 Å². The number of para-hydroxylation sites is 1. The van der Waals surface area contributed by atoms with Crippen molar-refractivity contribution in [2.75, 3.05) is 32.7 Å². The number of hydrogen-bond acceptors (Lipinski definition) is 3. The molecule has 0 radical (unpaired) electrons. The number of furan rings is 1. The molecule has 0 bridgehead atoms. The van der Waals surface area contributed by atoms with Crippen LogP contribution in [0.15, 0.2) is 58.1 Å². The standard InChI is InChI=1S/C21H25N5O2/c1-2-22-21(23-15-17-14-16-6-3-4-7-18(16)24-17)26-11-9-25(10-12-26)20(27)19-8-5-13-28-19/h3-8,13-14,24H,2,9-12,15H2,1H3,(H,22,23). The van der Waals surface area contributed by atoms with Crippen LogP contribution >= 0.6 is 0 Å². The molecule has 1 amide bonds. The molecule has 7 heteroatoms. The highest BCUT2D eigenvalue weighted by atomic mass is 16.3. The first-order valence-electron chi connectivity index (χ1n) is 9.67. The Hall–Kier alpha value is -3.22. The van der Waals surface area contributed by atoms with Crippen molar-refractivity contribution in [1.29, 1.82) is 0 Å². The van der Waals surface area contributed by atoms with Crippen molar-refractivity contribution in [3.63, 3.8) is 0 Å². The first kappa shape index (κ1) is 18.2. The van der Waals surface area contributed by atoms with Crippen molar-refractivity contribution in [1.82, 2.24) is 20.1 Å². The number of fused-ring (bicyclic) bond motifs is 1. The summed E-state index contributed by atoms with van der Waals surface area (Å²) in [7, 11) is 0. The normalized spacial score (nSPS) is 15.2. The SMILES string of the molecule is CCNC(=NCc1cc2ccccc2[nH]1)N1CCN(C(=O)c2ccco2)CC1. The van der Waals surface area contributed by atoms with E-state index in [2.05, 4.69) is 40.3 Å². The molecule has 1 aliphatic heterocycles. The van der Waals surface area contributed by atoms with Gasteiger partial charge < -0.3 is 24.5 Å². The Bertz CT molecular complexity index is 919. The van der Waals surface area contributed by atoms with Crippen LogP contribution in [0.5, 0.6) is 0 Å². The highest BCUT2D eigenvalue weighted by Crippen LogP contribution is 2.15. The fourth-order valence-electron chi connectivity index (χ4n) is 3.48. The number of hydrogen-bond donors (Lipinski definition) is 2. The minimum atomic E-state index is -0.0512. The summed E-state index contributed by atoms with van der Waals surface area (Å²) in [6, 6.07) is 13.8. The van der Waals surface area contributed by atoms with Gasteiger partial charge in [-0.15, -0.1) is 0 Å². The number of benzene rings is 1.